The molecule has 1 aliphatic rings. The lowest BCUT2D eigenvalue weighted by Gasteiger charge is -2.29. The molecule has 1 heterocycles. The van der Waals surface area contributed by atoms with Gasteiger partial charge in [0.2, 0.25) is 0 Å². The van der Waals surface area contributed by atoms with Crippen LogP contribution in [0.25, 0.3) is 0 Å². The minimum atomic E-state index is -0.209. The normalized spacial score (nSPS) is 18.6. The molecule has 0 aliphatic carbocycles. The van der Waals surface area contributed by atoms with Gasteiger partial charge < -0.3 is 10.4 Å². The fraction of sp³-hybridized carbons (Fsp3) is 0.316. The van der Waals surface area contributed by atoms with Crippen molar-refractivity contribution >= 4 is 11.6 Å². The number of benzene rings is 2. The van der Waals surface area contributed by atoms with Crippen LogP contribution in [0.5, 0.6) is 0 Å². The highest BCUT2D eigenvalue weighted by Crippen LogP contribution is 2.15. The maximum Gasteiger partial charge on any atom is 0.255 e. The summed E-state index contributed by atoms with van der Waals surface area (Å²) in [6, 6.07) is 17.1. The average Bonchev–Trinajstić information content (AvgIpc) is 2.56. The van der Waals surface area contributed by atoms with E-state index in [1.54, 1.807) is 0 Å². The Labute approximate surface area is 136 Å². The van der Waals surface area contributed by atoms with Crippen molar-refractivity contribution < 1.29 is 9.90 Å². The summed E-state index contributed by atoms with van der Waals surface area (Å²) in [5, 5.41) is 12.6. The predicted molar refractivity (Wildman–Crippen MR) is 91.4 cm³/mol. The maximum atomic E-state index is 12.2. The third-order valence-electron chi connectivity index (χ3n) is 4.13. The van der Waals surface area contributed by atoms with Crippen molar-refractivity contribution in [1.82, 2.24) is 4.90 Å². The molecule has 4 heteroatoms. The van der Waals surface area contributed by atoms with E-state index in [2.05, 4.69) is 10.2 Å². The number of anilines is 1. The second-order valence-corrected chi connectivity index (χ2v) is 6.05. The molecule has 4 nitrogen and oxygen atoms in total. The number of aliphatic hydroxyl groups excluding tert-OH is 1. The summed E-state index contributed by atoms with van der Waals surface area (Å²) < 4.78 is 0. The number of rotatable bonds is 4. The Hall–Kier alpha value is -2.17. The van der Waals surface area contributed by atoms with Gasteiger partial charge in [0.25, 0.3) is 5.91 Å². The number of nitrogens with zero attached hydrogens (tertiary/aromatic N) is 1. The number of β-amino-alcohol motifs (C(OH)–C–C–N with tert-alkyl or cyclic N) is 1. The first-order valence-corrected chi connectivity index (χ1v) is 8.06. The Balaban J connectivity index is 1.59. The van der Waals surface area contributed by atoms with E-state index in [0.717, 1.165) is 43.7 Å². The van der Waals surface area contributed by atoms with Gasteiger partial charge in [0.05, 0.1) is 6.10 Å². The molecular weight excluding hydrogens is 288 g/mol. The number of aliphatic hydroxyl groups is 1. The molecule has 0 saturated carbocycles. The fourth-order valence-electron chi connectivity index (χ4n) is 2.92. The summed E-state index contributed by atoms with van der Waals surface area (Å²) in [5.74, 6) is -0.101. The molecule has 0 bridgehead atoms. The zero-order chi connectivity index (χ0) is 16.1. The molecule has 0 radical (unpaired) electrons. The molecular formula is C19H22N2O2. The van der Waals surface area contributed by atoms with Crippen LogP contribution >= 0.6 is 0 Å². The fourth-order valence-corrected chi connectivity index (χ4v) is 2.92. The Morgan fingerprint density at radius 1 is 1.13 bits per heavy atom. The molecule has 120 valence electrons. The van der Waals surface area contributed by atoms with Gasteiger partial charge in [-0.2, -0.15) is 0 Å². The number of hydrogen-bond acceptors (Lipinski definition) is 3. The molecule has 0 aromatic heterocycles. The predicted octanol–water partition coefficient (Wildman–Crippen LogP) is 2.90. The van der Waals surface area contributed by atoms with Crippen molar-refractivity contribution in [3.8, 4) is 0 Å². The van der Waals surface area contributed by atoms with Crippen LogP contribution in [-0.4, -0.2) is 35.1 Å². The highest BCUT2D eigenvalue weighted by atomic mass is 16.3. The van der Waals surface area contributed by atoms with E-state index >= 15 is 0 Å². The van der Waals surface area contributed by atoms with Crippen molar-refractivity contribution in [1.29, 1.82) is 0 Å². The maximum absolute atomic E-state index is 12.2. The van der Waals surface area contributed by atoms with Crippen molar-refractivity contribution in [2.45, 2.75) is 25.5 Å². The van der Waals surface area contributed by atoms with Gasteiger partial charge in [0.15, 0.2) is 0 Å². The van der Waals surface area contributed by atoms with Gasteiger partial charge in [-0.05, 0) is 49.2 Å². The molecule has 1 atom stereocenters. The lowest BCUT2D eigenvalue weighted by molar-refractivity contribution is 0.0668. The monoisotopic (exact) mass is 310 g/mol. The third kappa shape index (κ3) is 4.41. The summed E-state index contributed by atoms with van der Waals surface area (Å²) in [5.41, 5.74) is 2.61. The standard InChI is InChI=1S/C19H22N2O2/c22-18-7-4-12-21(14-18)13-15-8-10-16(11-9-15)19(23)20-17-5-2-1-3-6-17/h1-3,5-6,8-11,18,22H,4,7,12-14H2,(H,20,23). The van der Waals surface area contributed by atoms with E-state index < -0.39 is 0 Å². The van der Waals surface area contributed by atoms with Gasteiger partial charge in [-0.25, -0.2) is 0 Å². The average molecular weight is 310 g/mol. The number of para-hydroxylation sites is 1. The van der Waals surface area contributed by atoms with Crippen LogP contribution in [0.2, 0.25) is 0 Å². The van der Waals surface area contributed by atoms with Crippen LogP contribution in [0.4, 0.5) is 5.69 Å². The molecule has 1 aliphatic heterocycles. The van der Waals surface area contributed by atoms with E-state index in [-0.39, 0.29) is 12.0 Å². The number of piperidine rings is 1. The van der Waals surface area contributed by atoms with Gasteiger partial charge in [0.1, 0.15) is 0 Å². The van der Waals surface area contributed by atoms with Crippen LogP contribution in [0, 0.1) is 0 Å². The van der Waals surface area contributed by atoms with Gasteiger partial charge >= 0.3 is 0 Å². The Kier molecular flexibility index (Phi) is 5.05. The lowest BCUT2D eigenvalue weighted by atomic mass is 10.1. The Bertz CT molecular complexity index is 640. The van der Waals surface area contributed by atoms with Gasteiger partial charge in [-0.3, -0.25) is 9.69 Å². The number of carbonyl (C=O) groups excluding carboxylic acids is 1. The first kappa shape index (κ1) is 15.7. The van der Waals surface area contributed by atoms with Crippen LogP contribution in [0.15, 0.2) is 54.6 Å². The number of carbonyl (C=O) groups is 1. The molecule has 1 amide bonds. The van der Waals surface area contributed by atoms with E-state index in [4.69, 9.17) is 0 Å². The molecule has 2 aromatic carbocycles. The van der Waals surface area contributed by atoms with E-state index in [1.807, 2.05) is 54.6 Å². The van der Waals surface area contributed by atoms with Crippen LogP contribution in [0.3, 0.4) is 0 Å². The van der Waals surface area contributed by atoms with Gasteiger partial charge in [-0.1, -0.05) is 30.3 Å². The van der Waals surface area contributed by atoms with Crippen molar-refractivity contribution in [3.05, 3.63) is 65.7 Å². The molecule has 2 aromatic rings. The first-order valence-electron chi connectivity index (χ1n) is 8.06. The second kappa shape index (κ2) is 7.40. The molecule has 1 unspecified atom stereocenters. The van der Waals surface area contributed by atoms with Crippen molar-refractivity contribution in [2.75, 3.05) is 18.4 Å². The minimum Gasteiger partial charge on any atom is -0.392 e. The number of hydrogen-bond donors (Lipinski definition) is 2. The van der Waals surface area contributed by atoms with E-state index in [0.29, 0.717) is 5.56 Å². The summed E-state index contributed by atoms with van der Waals surface area (Å²) in [6.45, 7) is 2.57. The van der Waals surface area contributed by atoms with Gasteiger partial charge in [-0.15, -0.1) is 0 Å². The molecule has 1 saturated heterocycles. The zero-order valence-electron chi connectivity index (χ0n) is 13.1. The number of nitrogens with one attached hydrogen (secondary N) is 1. The second-order valence-electron chi connectivity index (χ2n) is 6.05. The number of likely N-dealkylation sites (tertiary alicyclic amines) is 1. The smallest absolute Gasteiger partial charge is 0.255 e. The summed E-state index contributed by atoms with van der Waals surface area (Å²) >= 11 is 0. The molecule has 23 heavy (non-hydrogen) atoms. The van der Waals surface area contributed by atoms with Crippen molar-refractivity contribution in [3.63, 3.8) is 0 Å². The molecule has 1 fully saturated rings. The Morgan fingerprint density at radius 2 is 1.87 bits per heavy atom. The van der Waals surface area contributed by atoms with Crippen molar-refractivity contribution in [2.24, 2.45) is 0 Å². The number of amides is 1. The third-order valence-corrected chi connectivity index (χ3v) is 4.13. The quantitative estimate of drug-likeness (QED) is 0.913. The summed E-state index contributed by atoms with van der Waals surface area (Å²) in [6.07, 6.45) is 1.73. The van der Waals surface area contributed by atoms with Gasteiger partial charge in [0, 0.05) is 24.3 Å². The Morgan fingerprint density at radius 3 is 2.57 bits per heavy atom. The highest BCUT2D eigenvalue weighted by molar-refractivity contribution is 6.04. The first-order chi connectivity index (χ1) is 11.2. The molecule has 2 N–H and O–H groups in total. The van der Waals surface area contributed by atoms with E-state index in [9.17, 15) is 9.90 Å². The largest absolute Gasteiger partial charge is 0.392 e. The molecule has 0 spiro atoms. The highest BCUT2D eigenvalue weighted by Gasteiger charge is 2.17. The van der Waals surface area contributed by atoms with Crippen LogP contribution in [-0.2, 0) is 6.54 Å². The van der Waals surface area contributed by atoms with E-state index in [1.165, 1.54) is 0 Å². The molecule has 3 rings (SSSR count). The minimum absolute atomic E-state index is 0.101. The van der Waals surface area contributed by atoms with Crippen LogP contribution < -0.4 is 5.32 Å². The van der Waals surface area contributed by atoms with Crippen LogP contribution in [0.1, 0.15) is 28.8 Å². The topological polar surface area (TPSA) is 52.6 Å². The lowest BCUT2D eigenvalue weighted by Crippen LogP contribution is -2.37. The summed E-state index contributed by atoms with van der Waals surface area (Å²) in [7, 11) is 0. The SMILES string of the molecule is O=C(Nc1ccccc1)c1ccc(CN2CCCC(O)C2)cc1. The zero-order valence-corrected chi connectivity index (χ0v) is 13.1. The summed E-state index contributed by atoms with van der Waals surface area (Å²) in [4.78, 5) is 14.5.